The summed E-state index contributed by atoms with van der Waals surface area (Å²) < 4.78 is 185. The minimum Gasteiger partial charge on any atom is -0.494 e. The maximum absolute atomic E-state index is 14.4. The molecule has 0 amide bonds. The maximum Gasteiger partial charge on any atom is 0.460 e. The van der Waals surface area contributed by atoms with E-state index < -0.39 is 58.7 Å². The summed E-state index contributed by atoms with van der Waals surface area (Å²) in [6.07, 6.45) is -2.38. The molecule has 0 radical (unpaired) electrons. The molecule has 0 saturated carbocycles. The van der Waals surface area contributed by atoms with Gasteiger partial charge in [-0.2, -0.15) is 57.1 Å². The van der Waals surface area contributed by atoms with Gasteiger partial charge in [-0.3, -0.25) is 4.79 Å². The lowest BCUT2D eigenvalue weighted by Gasteiger charge is -2.39. The second kappa shape index (κ2) is 15.0. The van der Waals surface area contributed by atoms with E-state index in [9.17, 15) is 66.7 Å². The van der Waals surface area contributed by atoms with Crippen LogP contribution in [0, 0.1) is 0 Å². The molecular weight excluding hydrogens is 683 g/mol. The number of ketones is 1. The fraction of sp³-hybridized carbons (Fsp3) is 0.419. The molecule has 48 heavy (non-hydrogen) atoms. The van der Waals surface area contributed by atoms with Crippen LogP contribution >= 0.6 is 0 Å². The first-order chi connectivity index (χ1) is 21.9. The highest BCUT2D eigenvalue weighted by molar-refractivity contribution is 6.06. The van der Waals surface area contributed by atoms with Crippen molar-refractivity contribution in [1.82, 2.24) is 0 Å². The molecule has 0 fully saturated rings. The molecule has 2 rings (SSSR count). The molecule has 0 bridgehead atoms. The number of hydrogen-bond donors (Lipinski definition) is 0. The van der Waals surface area contributed by atoms with Crippen LogP contribution in [-0.4, -0.2) is 54.8 Å². The van der Waals surface area contributed by atoms with Gasteiger partial charge >= 0.3 is 41.8 Å². The fourth-order valence-corrected chi connectivity index (χ4v) is 3.77. The van der Waals surface area contributed by atoms with Crippen molar-refractivity contribution in [2.45, 2.75) is 68.4 Å². The highest BCUT2D eigenvalue weighted by Crippen LogP contribution is 2.62. The van der Waals surface area contributed by atoms with Crippen LogP contribution in [0.3, 0.4) is 0 Å². The van der Waals surface area contributed by atoms with Crippen LogP contribution in [0.1, 0.15) is 54.1 Å². The average Bonchev–Trinajstić information content (AvgIpc) is 3.00. The Balaban J connectivity index is 2.00. The Morgan fingerprint density at radius 3 is 1.67 bits per heavy atom. The number of benzene rings is 2. The van der Waals surface area contributed by atoms with Gasteiger partial charge in [0.05, 0.1) is 13.2 Å². The Morgan fingerprint density at radius 2 is 1.17 bits per heavy atom. The summed E-state index contributed by atoms with van der Waals surface area (Å²) in [5.74, 6) is -38.5. The third-order valence-electron chi connectivity index (χ3n) is 6.66. The van der Waals surface area contributed by atoms with Crippen molar-refractivity contribution in [3.05, 3.63) is 83.4 Å². The second-order valence-corrected chi connectivity index (χ2v) is 10.4. The summed E-state index contributed by atoms with van der Waals surface area (Å²) in [5.41, 5.74) is -1.93. The summed E-state index contributed by atoms with van der Waals surface area (Å²) in [6, 6.07) is 6.82. The van der Waals surface area contributed by atoms with Gasteiger partial charge < -0.3 is 9.47 Å². The normalized spacial score (nSPS) is 13.5. The minimum absolute atomic E-state index is 0.0737. The van der Waals surface area contributed by atoms with Gasteiger partial charge in [-0.1, -0.05) is 49.1 Å². The van der Waals surface area contributed by atoms with E-state index in [1.165, 1.54) is 18.2 Å². The molecule has 0 aliphatic heterocycles. The lowest BCUT2D eigenvalue weighted by molar-refractivity contribution is -0.441. The van der Waals surface area contributed by atoms with Crippen molar-refractivity contribution >= 4 is 17.8 Å². The van der Waals surface area contributed by atoms with Crippen molar-refractivity contribution in [2.24, 2.45) is 0 Å². The molecule has 0 saturated heterocycles. The van der Waals surface area contributed by atoms with E-state index in [0.717, 1.165) is 18.9 Å². The first kappa shape index (κ1) is 40.1. The number of ether oxygens (including phenoxy) is 2. The molecule has 0 atom stereocenters. The lowest BCUT2D eigenvalue weighted by atomic mass is 9.90. The molecule has 0 heterocycles. The van der Waals surface area contributed by atoms with Crippen LogP contribution < -0.4 is 4.74 Å². The number of halogens is 13. The van der Waals surface area contributed by atoms with Gasteiger partial charge in [-0.05, 0) is 56.4 Å². The predicted molar refractivity (Wildman–Crippen MR) is 146 cm³/mol. The van der Waals surface area contributed by atoms with Gasteiger partial charge in [0.2, 0.25) is 0 Å². The van der Waals surface area contributed by atoms with E-state index >= 15 is 0 Å². The monoisotopic (exact) mass is 710 g/mol. The molecule has 0 aliphatic carbocycles. The Morgan fingerprint density at radius 1 is 0.667 bits per heavy atom. The van der Waals surface area contributed by atoms with Crippen molar-refractivity contribution in [3.63, 3.8) is 0 Å². The van der Waals surface area contributed by atoms with Crippen LogP contribution in [0.5, 0.6) is 5.75 Å². The van der Waals surface area contributed by atoms with Crippen molar-refractivity contribution in [3.8, 4) is 5.75 Å². The molecule has 0 aromatic heterocycles. The zero-order valence-corrected chi connectivity index (χ0v) is 24.8. The van der Waals surface area contributed by atoms with Crippen molar-refractivity contribution in [1.29, 1.82) is 0 Å². The average molecular weight is 711 g/mol. The highest BCUT2D eigenvalue weighted by atomic mass is 19.4. The SMILES string of the molecule is C=C(C)C(=O)OCCCCCCOc1ccc(C=CC(=O)c2ccc(C(F)(F)C(F)(F)C(F)(F)C(F)(F)C(F)(F)C(F)(F)F)cc2)cc1. The molecule has 4 nitrogen and oxygen atoms in total. The van der Waals surface area contributed by atoms with Crippen LogP contribution in [0.2, 0.25) is 0 Å². The van der Waals surface area contributed by atoms with Gasteiger partial charge in [-0.25, -0.2) is 4.79 Å². The molecule has 266 valence electrons. The van der Waals surface area contributed by atoms with Gasteiger partial charge in [0, 0.05) is 16.7 Å². The van der Waals surface area contributed by atoms with E-state index in [0.29, 0.717) is 48.5 Å². The van der Waals surface area contributed by atoms with E-state index in [2.05, 4.69) is 6.58 Å². The first-order valence-corrected chi connectivity index (χ1v) is 13.8. The maximum atomic E-state index is 14.4. The number of carbonyl (C=O) groups excluding carboxylic acids is 2. The summed E-state index contributed by atoms with van der Waals surface area (Å²) >= 11 is 0. The largest absolute Gasteiger partial charge is 0.494 e. The smallest absolute Gasteiger partial charge is 0.460 e. The summed E-state index contributed by atoms with van der Waals surface area (Å²) in [7, 11) is 0. The van der Waals surface area contributed by atoms with Crippen LogP contribution in [0.15, 0.2) is 66.8 Å². The van der Waals surface area contributed by atoms with E-state index in [1.807, 2.05) is 0 Å². The van der Waals surface area contributed by atoms with E-state index in [1.54, 1.807) is 19.1 Å². The number of allylic oxidation sites excluding steroid dienone is 1. The fourth-order valence-electron chi connectivity index (χ4n) is 3.77. The zero-order valence-electron chi connectivity index (χ0n) is 24.8. The highest BCUT2D eigenvalue weighted by Gasteiger charge is 2.90. The van der Waals surface area contributed by atoms with Gasteiger partial charge in [0.25, 0.3) is 0 Å². The third-order valence-corrected chi connectivity index (χ3v) is 6.66. The predicted octanol–water partition coefficient (Wildman–Crippen LogP) is 9.84. The number of unbranched alkanes of at least 4 members (excludes halogenated alkanes) is 3. The number of carbonyl (C=O) groups is 2. The van der Waals surface area contributed by atoms with Crippen LogP contribution in [0.4, 0.5) is 57.1 Å². The number of hydrogen-bond acceptors (Lipinski definition) is 4. The topological polar surface area (TPSA) is 52.6 Å². The van der Waals surface area contributed by atoms with Gasteiger partial charge in [-0.15, -0.1) is 0 Å². The van der Waals surface area contributed by atoms with Gasteiger partial charge in [0.15, 0.2) is 5.78 Å². The minimum atomic E-state index is -8.00. The van der Waals surface area contributed by atoms with Crippen LogP contribution in [-0.2, 0) is 15.5 Å². The zero-order chi connectivity index (χ0) is 36.8. The molecule has 0 N–H and O–H groups in total. The first-order valence-electron chi connectivity index (χ1n) is 13.8. The lowest BCUT2D eigenvalue weighted by Crippen LogP contribution is -2.69. The van der Waals surface area contributed by atoms with Crippen molar-refractivity contribution in [2.75, 3.05) is 13.2 Å². The Kier molecular flexibility index (Phi) is 12.6. The Bertz CT molecular complexity index is 1450. The molecule has 2 aromatic rings. The summed E-state index contributed by atoms with van der Waals surface area (Å²) in [4.78, 5) is 23.7. The summed E-state index contributed by atoms with van der Waals surface area (Å²) in [5, 5.41) is 0. The number of esters is 1. The van der Waals surface area contributed by atoms with Crippen LogP contribution in [0.25, 0.3) is 6.08 Å². The van der Waals surface area contributed by atoms with Crippen molar-refractivity contribution < 1.29 is 76.1 Å². The van der Waals surface area contributed by atoms with E-state index in [4.69, 9.17) is 9.47 Å². The Labute approximate surface area is 265 Å². The van der Waals surface area contributed by atoms with Gasteiger partial charge in [0.1, 0.15) is 5.75 Å². The molecule has 2 aromatic carbocycles. The number of alkyl halides is 13. The second-order valence-electron chi connectivity index (χ2n) is 10.4. The molecule has 0 unspecified atom stereocenters. The number of rotatable bonds is 17. The molecule has 0 spiro atoms. The Hall–Kier alpha value is -4.05. The molecule has 17 heteroatoms. The standard InChI is InChI=1S/C31H27F13O4/c1-19(2)25(46)48-18-6-4-3-5-17-47-23-14-7-20(8-15-23)9-16-24(45)21-10-12-22(13-11-21)26(32,33)27(34,35)28(36,37)29(38,39)30(40,41)31(42,43)44/h7-16H,1,3-6,17-18H2,2H3. The third kappa shape index (κ3) is 8.50. The van der Waals surface area contributed by atoms with E-state index in [-0.39, 0.29) is 18.7 Å². The summed E-state index contributed by atoms with van der Waals surface area (Å²) in [6.45, 7) is 5.67. The molecule has 0 aliphatic rings. The molecular formula is C31H27F13O4. The quantitative estimate of drug-likeness (QED) is 0.0540.